The molecule has 10 heteroatoms. The first-order chi connectivity index (χ1) is 14.9. The van der Waals surface area contributed by atoms with Crippen molar-refractivity contribution in [3.05, 3.63) is 42.5 Å². The molecule has 0 saturated heterocycles. The Kier molecular flexibility index (Phi) is 7.45. The Bertz CT molecular complexity index is 1090. The Morgan fingerprint density at radius 2 is 1.94 bits per heavy atom. The van der Waals surface area contributed by atoms with Gasteiger partial charge in [0.25, 0.3) is 10.0 Å². The van der Waals surface area contributed by atoms with E-state index < -0.39 is 10.0 Å². The number of carbonyl (C=O) groups is 1. The third kappa shape index (κ3) is 5.31. The number of carbonyl (C=O) groups excluding carboxylic acids is 1. The summed E-state index contributed by atoms with van der Waals surface area (Å²) in [5, 5.41) is 3.08. The summed E-state index contributed by atoms with van der Waals surface area (Å²) < 4.78 is 39.7. The summed E-state index contributed by atoms with van der Waals surface area (Å²) in [6.07, 6.45) is 1.81. The average molecular weight is 464 g/mol. The number of methoxy groups -OCH3 is 2. The average Bonchev–Trinajstić information content (AvgIpc) is 2.77. The van der Waals surface area contributed by atoms with Crippen LogP contribution in [0, 0.1) is 0 Å². The summed E-state index contributed by atoms with van der Waals surface area (Å²) >= 11 is 1.09. The molecule has 0 atom stereocenters. The van der Waals surface area contributed by atoms with Crippen LogP contribution in [0.25, 0.3) is 0 Å². The van der Waals surface area contributed by atoms with Crippen molar-refractivity contribution in [1.82, 2.24) is 0 Å². The molecule has 0 radical (unpaired) electrons. The van der Waals surface area contributed by atoms with Gasteiger partial charge >= 0.3 is 0 Å². The van der Waals surface area contributed by atoms with Gasteiger partial charge in [-0.05, 0) is 30.7 Å². The maximum atomic E-state index is 12.6. The maximum Gasteiger partial charge on any atom is 0.286 e. The van der Waals surface area contributed by atoms with Crippen LogP contribution in [0.15, 0.2) is 51.8 Å². The molecular formula is C21H25N3O5S2. The fraction of sp³-hybridized carbons (Fsp3) is 0.333. The van der Waals surface area contributed by atoms with Gasteiger partial charge in [-0.2, -0.15) is 8.42 Å². The quantitative estimate of drug-likeness (QED) is 0.637. The number of unbranched alkanes of at least 4 members (excludes halogenated alkanes) is 1. The highest BCUT2D eigenvalue weighted by Gasteiger charge is 2.30. The molecule has 0 saturated carbocycles. The van der Waals surface area contributed by atoms with E-state index in [1.165, 1.54) is 14.2 Å². The molecule has 8 nitrogen and oxygen atoms in total. The van der Waals surface area contributed by atoms with E-state index in [0.29, 0.717) is 34.6 Å². The molecule has 1 aliphatic heterocycles. The Balaban J connectivity index is 1.78. The number of amidine groups is 1. The van der Waals surface area contributed by atoms with Crippen molar-refractivity contribution in [2.24, 2.45) is 4.40 Å². The van der Waals surface area contributed by atoms with Gasteiger partial charge in [0, 0.05) is 12.6 Å². The summed E-state index contributed by atoms with van der Waals surface area (Å²) in [6, 6.07) is 11.9. The standard InChI is InChI=1S/C21H25N3O5S2/c1-4-5-12-24-17-8-6-7-9-19(17)31(26,27)23-21(24)30-14-20(25)22-16-13-15(28-2)10-11-18(16)29-3/h6-11,13H,4-5,12,14H2,1-3H3,(H,22,25). The minimum Gasteiger partial charge on any atom is -0.497 e. The minimum absolute atomic E-state index is 0.0144. The molecule has 0 aliphatic carbocycles. The van der Waals surface area contributed by atoms with Crippen LogP contribution in [0.4, 0.5) is 11.4 Å². The zero-order valence-electron chi connectivity index (χ0n) is 17.6. The van der Waals surface area contributed by atoms with Gasteiger partial charge < -0.3 is 19.7 Å². The summed E-state index contributed by atoms with van der Waals surface area (Å²) in [7, 11) is -0.772. The highest BCUT2D eigenvalue weighted by Crippen LogP contribution is 2.34. The molecule has 0 spiro atoms. The molecule has 3 rings (SSSR count). The Hall–Kier alpha value is -2.72. The molecule has 1 heterocycles. The maximum absolute atomic E-state index is 12.6. The predicted octanol–water partition coefficient (Wildman–Crippen LogP) is 3.74. The highest BCUT2D eigenvalue weighted by molar-refractivity contribution is 8.15. The summed E-state index contributed by atoms with van der Waals surface area (Å²) in [6.45, 7) is 2.67. The number of thioether (sulfide) groups is 1. The number of ether oxygens (including phenoxy) is 2. The molecule has 1 N–H and O–H groups in total. The van der Waals surface area contributed by atoms with E-state index in [1.54, 1.807) is 42.5 Å². The van der Waals surface area contributed by atoms with E-state index in [4.69, 9.17) is 9.47 Å². The van der Waals surface area contributed by atoms with Gasteiger partial charge in [0.05, 0.1) is 31.3 Å². The molecule has 0 aromatic heterocycles. The minimum atomic E-state index is -3.82. The first-order valence-electron chi connectivity index (χ1n) is 9.75. The number of nitrogens with one attached hydrogen (secondary N) is 1. The Labute approximate surface area is 186 Å². The number of para-hydroxylation sites is 1. The lowest BCUT2D eigenvalue weighted by atomic mass is 10.2. The number of amides is 1. The highest BCUT2D eigenvalue weighted by atomic mass is 32.2. The van der Waals surface area contributed by atoms with Gasteiger partial charge in [-0.1, -0.05) is 37.2 Å². The van der Waals surface area contributed by atoms with Gasteiger partial charge in [0.2, 0.25) is 5.91 Å². The van der Waals surface area contributed by atoms with Gasteiger partial charge in [-0.15, -0.1) is 4.40 Å². The smallest absolute Gasteiger partial charge is 0.286 e. The van der Waals surface area contributed by atoms with E-state index in [-0.39, 0.29) is 16.6 Å². The second kappa shape index (κ2) is 10.1. The summed E-state index contributed by atoms with van der Waals surface area (Å²) in [4.78, 5) is 14.6. The number of nitrogens with zero attached hydrogens (tertiary/aromatic N) is 2. The molecule has 2 aromatic carbocycles. The summed E-state index contributed by atoms with van der Waals surface area (Å²) in [5.41, 5.74) is 1.06. The van der Waals surface area contributed by atoms with Gasteiger partial charge in [0.1, 0.15) is 16.4 Å². The fourth-order valence-corrected chi connectivity index (χ4v) is 5.35. The van der Waals surface area contributed by atoms with E-state index in [9.17, 15) is 13.2 Å². The normalized spacial score (nSPS) is 14.4. The van der Waals surface area contributed by atoms with Crippen LogP contribution in [-0.2, 0) is 14.8 Å². The van der Waals surface area contributed by atoms with E-state index in [0.717, 1.165) is 24.6 Å². The number of sulfonamides is 1. The number of fused-ring (bicyclic) bond motifs is 1. The molecule has 2 aromatic rings. The van der Waals surface area contributed by atoms with Crippen molar-refractivity contribution in [3.63, 3.8) is 0 Å². The third-order valence-corrected chi connectivity index (χ3v) is 7.02. The number of rotatable bonds is 8. The number of benzene rings is 2. The van der Waals surface area contributed by atoms with E-state index >= 15 is 0 Å². The van der Waals surface area contributed by atoms with Crippen molar-refractivity contribution in [2.75, 3.05) is 36.7 Å². The number of hydrogen-bond acceptors (Lipinski definition) is 7. The SMILES string of the molecule is CCCCN1C(SCC(=O)Nc2cc(OC)ccc2OC)=NS(=O)(=O)c2ccccc21. The summed E-state index contributed by atoms with van der Waals surface area (Å²) in [5.74, 6) is 0.745. The second-order valence-electron chi connectivity index (χ2n) is 6.72. The topological polar surface area (TPSA) is 97.3 Å². The van der Waals surface area contributed by atoms with Crippen LogP contribution in [0.1, 0.15) is 19.8 Å². The zero-order chi connectivity index (χ0) is 22.4. The van der Waals surface area contributed by atoms with Gasteiger partial charge in [-0.25, -0.2) is 0 Å². The number of hydrogen-bond donors (Lipinski definition) is 1. The lowest BCUT2D eigenvalue weighted by Gasteiger charge is -2.30. The molecule has 0 unspecified atom stereocenters. The number of anilines is 2. The monoisotopic (exact) mass is 463 g/mol. The van der Waals surface area contributed by atoms with Crippen LogP contribution >= 0.6 is 11.8 Å². The molecule has 31 heavy (non-hydrogen) atoms. The Morgan fingerprint density at radius 3 is 2.65 bits per heavy atom. The van der Waals surface area contributed by atoms with Crippen LogP contribution in [-0.4, -0.2) is 46.0 Å². The first kappa shape index (κ1) is 23.0. The molecule has 166 valence electrons. The molecular weight excluding hydrogens is 438 g/mol. The van der Waals surface area contributed by atoms with E-state index in [1.807, 2.05) is 4.90 Å². The fourth-order valence-electron chi connectivity index (χ4n) is 3.07. The molecule has 0 fully saturated rings. The van der Waals surface area contributed by atoms with Gasteiger partial charge in [-0.3, -0.25) is 4.79 Å². The second-order valence-corrected chi connectivity index (χ2v) is 9.24. The Morgan fingerprint density at radius 1 is 1.16 bits per heavy atom. The van der Waals surface area contributed by atoms with E-state index in [2.05, 4.69) is 16.6 Å². The zero-order valence-corrected chi connectivity index (χ0v) is 19.3. The predicted molar refractivity (Wildman–Crippen MR) is 124 cm³/mol. The molecule has 1 aliphatic rings. The van der Waals surface area contributed by atoms with Crippen LogP contribution < -0.4 is 19.7 Å². The largest absolute Gasteiger partial charge is 0.497 e. The third-order valence-electron chi connectivity index (χ3n) is 4.61. The van der Waals surface area contributed by atoms with Gasteiger partial charge in [0.15, 0.2) is 5.17 Å². The molecule has 1 amide bonds. The van der Waals surface area contributed by atoms with Crippen molar-refractivity contribution in [3.8, 4) is 11.5 Å². The first-order valence-corrected chi connectivity index (χ1v) is 12.2. The van der Waals surface area contributed by atoms with Crippen molar-refractivity contribution in [2.45, 2.75) is 24.7 Å². The molecule has 0 bridgehead atoms. The van der Waals surface area contributed by atoms with Crippen LogP contribution in [0.3, 0.4) is 0 Å². The van der Waals surface area contributed by atoms with Crippen molar-refractivity contribution < 1.29 is 22.7 Å². The van der Waals surface area contributed by atoms with Crippen molar-refractivity contribution >= 4 is 44.2 Å². The van der Waals surface area contributed by atoms with Crippen molar-refractivity contribution in [1.29, 1.82) is 0 Å². The van der Waals surface area contributed by atoms with Crippen LogP contribution in [0.2, 0.25) is 0 Å². The lowest BCUT2D eigenvalue weighted by molar-refractivity contribution is -0.113. The van der Waals surface area contributed by atoms with Crippen LogP contribution in [0.5, 0.6) is 11.5 Å². The lowest BCUT2D eigenvalue weighted by Crippen LogP contribution is -2.35.